The molecule has 6 heteroatoms. The first kappa shape index (κ1) is 12.4. The zero-order valence-electron chi connectivity index (χ0n) is 7.90. The van der Waals surface area contributed by atoms with Gasteiger partial charge >= 0.3 is 5.97 Å². The first-order chi connectivity index (χ1) is 6.54. The van der Waals surface area contributed by atoms with Crippen LogP contribution in [0.5, 0.6) is 0 Å². The predicted molar refractivity (Wildman–Crippen MR) is 49.4 cm³/mol. The SMILES string of the molecule is CC(=O)NCCOC=CC(N)C(=O)O. The highest BCUT2D eigenvalue weighted by Gasteiger charge is 2.05. The molecule has 0 heterocycles. The molecule has 0 aromatic rings. The molecular formula is C8H14N2O4. The molecule has 6 nitrogen and oxygen atoms in total. The third kappa shape index (κ3) is 7.11. The maximum absolute atomic E-state index is 10.4. The number of amides is 1. The fourth-order valence-electron chi connectivity index (χ4n) is 0.577. The van der Waals surface area contributed by atoms with E-state index in [1.54, 1.807) is 0 Å². The molecule has 0 aliphatic heterocycles. The van der Waals surface area contributed by atoms with Crippen LogP contribution in [0, 0.1) is 0 Å². The molecule has 0 rings (SSSR count). The van der Waals surface area contributed by atoms with Crippen LogP contribution in [0.4, 0.5) is 0 Å². The minimum atomic E-state index is -1.12. The van der Waals surface area contributed by atoms with Crippen LogP contribution in [0.15, 0.2) is 12.3 Å². The van der Waals surface area contributed by atoms with Gasteiger partial charge < -0.3 is 20.9 Å². The van der Waals surface area contributed by atoms with Crippen molar-refractivity contribution in [1.82, 2.24) is 5.32 Å². The molecule has 0 spiro atoms. The Morgan fingerprint density at radius 3 is 2.79 bits per heavy atom. The lowest BCUT2D eigenvalue weighted by Gasteiger charge is -2.02. The molecule has 14 heavy (non-hydrogen) atoms. The van der Waals surface area contributed by atoms with Gasteiger partial charge in [-0.2, -0.15) is 0 Å². The molecule has 4 N–H and O–H groups in total. The van der Waals surface area contributed by atoms with E-state index in [0.29, 0.717) is 6.54 Å². The van der Waals surface area contributed by atoms with Gasteiger partial charge in [0.05, 0.1) is 12.8 Å². The Kier molecular flexibility index (Phi) is 6.13. The Morgan fingerprint density at radius 2 is 2.29 bits per heavy atom. The number of carboxylic acid groups (broad SMARTS) is 1. The summed E-state index contributed by atoms with van der Waals surface area (Å²) in [4.78, 5) is 20.6. The van der Waals surface area contributed by atoms with Crippen molar-refractivity contribution in [2.45, 2.75) is 13.0 Å². The minimum absolute atomic E-state index is 0.139. The summed E-state index contributed by atoms with van der Waals surface area (Å²) in [6.45, 7) is 2.06. The van der Waals surface area contributed by atoms with Gasteiger partial charge in [0.25, 0.3) is 0 Å². The van der Waals surface area contributed by atoms with Gasteiger partial charge in [0.15, 0.2) is 0 Å². The molecule has 0 saturated carbocycles. The van der Waals surface area contributed by atoms with Gasteiger partial charge in [0.1, 0.15) is 12.6 Å². The second-order valence-electron chi connectivity index (χ2n) is 2.55. The topological polar surface area (TPSA) is 102 Å². The van der Waals surface area contributed by atoms with Crippen molar-refractivity contribution in [2.24, 2.45) is 5.73 Å². The van der Waals surface area contributed by atoms with Crippen LogP contribution in [0.3, 0.4) is 0 Å². The largest absolute Gasteiger partial charge is 0.500 e. The standard InChI is InChI=1S/C8H14N2O4/c1-6(11)10-3-5-14-4-2-7(9)8(12)13/h2,4,7H,3,5,9H2,1H3,(H,10,11)(H,12,13). The maximum Gasteiger partial charge on any atom is 0.324 e. The number of nitrogens with two attached hydrogens (primary N) is 1. The van der Waals surface area contributed by atoms with Crippen LogP contribution in [0.25, 0.3) is 0 Å². The molecule has 0 fully saturated rings. The smallest absolute Gasteiger partial charge is 0.324 e. The van der Waals surface area contributed by atoms with Gasteiger partial charge in [-0.15, -0.1) is 0 Å². The van der Waals surface area contributed by atoms with Crippen molar-refractivity contribution in [3.05, 3.63) is 12.3 Å². The summed E-state index contributed by atoms with van der Waals surface area (Å²) in [5.41, 5.74) is 5.14. The third-order valence-corrected chi connectivity index (χ3v) is 1.26. The van der Waals surface area contributed by atoms with Gasteiger partial charge in [-0.1, -0.05) is 0 Å². The molecular weight excluding hydrogens is 188 g/mol. The van der Waals surface area contributed by atoms with E-state index in [0.717, 1.165) is 0 Å². The van der Waals surface area contributed by atoms with Crippen LogP contribution in [-0.2, 0) is 14.3 Å². The van der Waals surface area contributed by atoms with Crippen molar-refractivity contribution >= 4 is 11.9 Å². The average molecular weight is 202 g/mol. The minimum Gasteiger partial charge on any atom is -0.500 e. The van der Waals surface area contributed by atoms with Gasteiger partial charge in [-0.3, -0.25) is 9.59 Å². The normalized spacial score (nSPS) is 12.4. The molecule has 0 aliphatic carbocycles. The fraction of sp³-hybridized carbons (Fsp3) is 0.500. The summed E-state index contributed by atoms with van der Waals surface area (Å²) in [5.74, 6) is -1.26. The summed E-state index contributed by atoms with van der Waals surface area (Å²) in [5, 5.41) is 10.9. The first-order valence-electron chi connectivity index (χ1n) is 4.05. The number of carbonyl (C=O) groups excluding carboxylic acids is 1. The molecule has 0 radical (unpaired) electrons. The monoisotopic (exact) mass is 202 g/mol. The highest BCUT2D eigenvalue weighted by molar-refractivity contribution is 5.75. The van der Waals surface area contributed by atoms with E-state index >= 15 is 0 Å². The van der Waals surface area contributed by atoms with Gasteiger partial charge in [0.2, 0.25) is 5.91 Å². The number of carbonyl (C=O) groups is 2. The van der Waals surface area contributed by atoms with E-state index in [1.807, 2.05) is 0 Å². The highest BCUT2D eigenvalue weighted by atomic mass is 16.5. The summed E-state index contributed by atoms with van der Waals surface area (Å²) in [6.07, 6.45) is 2.43. The Labute approximate surface area is 81.7 Å². The average Bonchev–Trinajstić information content (AvgIpc) is 2.09. The molecule has 1 atom stereocenters. The van der Waals surface area contributed by atoms with Crippen molar-refractivity contribution < 1.29 is 19.4 Å². The number of carboxylic acids is 1. The number of rotatable bonds is 6. The van der Waals surface area contributed by atoms with Gasteiger partial charge in [0, 0.05) is 6.92 Å². The molecule has 0 aliphatic rings. The zero-order chi connectivity index (χ0) is 11.0. The molecule has 0 saturated heterocycles. The molecule has 0 aromatic carbocycles. The van der Waals surface area contributed by atoms with Crippen molar-refractivity contribution in [1.29, 1.82) is 0 Å². The van der Waals surface area contributed by atoms with E-state index in [9.17, 15) is 9.59 Å². The Morgan fingerprint density at radius 1 is 1.64 bits per heavy atom. The number of ether oxygens (including phenoxy) is 1. The Bertz CT molecular complexity index is 227. The lowest BCUT2D eigenvalue weighted by Crippen LogP contribution is -2.27. The molecule has 1 unspecified atom stereocenters. The molecule has 80 valence electrons. The predicted octanol–water partition coefficient (Wildman–Crippen LogP) is -0.935. The summed E-state index contributed by atoms with van der Waals surface area (Å²) < 4.78 is 4.87. The summed E-state index contributed by atoms with van der Waals surface area (Å²) in [6, 6.07) is -1.06. The van der Waals surface area contributed by atoms with E-state index in [-0.39, 0.29) is 12.5 Å². The second kappa shape index (κ2) is 6.90. The zero-order valence-corrected chi connectivity index (χ0v) is 7.90. The summed E-state index contributed by atoms with van der Waals surface area (Å²) >= 11 is 0. The van der Waals surface area contributed by atoms with E-state index in [1.165, 1.54) is 19.3 Å². The van der Waals surface area contributed by atoms with Crippen LogP contribution >= 0.6 is 0 Å². The van der Waals surface area contributed by atoms with Crippen LogP contribution in [0.1, 0.15) is 6.92 Å². The Hall–Kier alpha value is -1.56. The van der Waals surface area contributed by atoms with Crippen molar-refractivity contribution in [3.8, 4) is 0 Å². The van der Waals surface area contributed by atoms with E-state index < -0.39 is 12.0 Å². The number of nitrogens with one attached hydrogen (secondary N) is 1. The quantitative estimate of drug-likeness (QED) is 0.381. The van der Waals surface area contributed by atoms with Gasteiger partial charge in [-0.05, 0) is 6.08 Å². The third-order valence-electron chi connectivity index (χ3n) is 1.26. The second-order valence-corrected chi connectivity index (χ2v) is 2.55. The summed E-state index contributed by atoms with van der Waals surface area (Å²) in [7, 11) is 0. The van der Waals surface area contributed by atoms with Crippen LogP contribution < -0.4 is 11.1 Å². The van der Waals surface area contributed by atoms with E-state index in [4.69, 9.17) is 15.6 Å². The van der Waals surface area contributed by atoms with Crippen molar-refractivity contribution in [2.75, 3.05) is 13.2 Å². The molecule has 0 bridgehead atoms. The van der Waals surface area contributed by atoms with Gasteiger partial charge in [-0.25, -0.2) is 0 Å². The fourth-order valence-corrected chi connectivity index (χ4v) is 0.577. The van der Waals surface area contributed by atoms with Crippen LogP contribution in [0.2, 0.25) is 0 Å². The lowest BCUT2D eigenvalue weighted by atomic mass is 10.3. The number of hydrogen-bond donors (Lipinski definition) is 3. The maximum atomic E-state index is 10.4. The Balaban J connectivity index is 3.44. The molecule has 0 aromatic heterocycles. The van der Waals surface area contributed by atoms with Crippen molar-refractivity contribution in [3.63, 3.8) is 0 Å². The van der Waals surface area contributed by atoms with E-state index in [2.05, 4.69) is 5.32 Å². The molecule has 1 amide bonds. The van der Waals surface area contributed by atoms with Crippen LogP contribution in [-0.4, -0.2) is 36.2 Å². The number of aliphatic carboxylic acids is 1. The first-order valence-corrected chi connectivity index (χ1v) is 4.05. The highest BCUT2D eigenvalue weighted by Crippen LogP contribution is 1.83. The number of hydrogen-bond acceptors (Lipinski definition) is 4. The lowest BCUT2D eigenvalue weighted by molar-refractivity contribution is -0.137.